The molecule has 0 saturated carbocycles. The lowest BCUT2D eigenvalue weighted by Gasteiger charge is -2.36. The van der Waals surface area contributed by atoms with Crippen molar-refractivity contribution in [1.29, 1.82) is 5.41 Å². The van der Waals surface area contributed by atoms with Gasteiger partial charge in [-0.3, -0.25) is 5.41 Å². The monoisotopic (exact) mass is 568 g/mol. The maximum atomic E-state index is 9.86. The lowest BCUT2D eigenvalue weighted by Crippen LogP contribution is -2.41. The number of aryl methyl sites for hydroxylation is 1. The maximum Gasteiger partial charge on any atom is 0.0998 e. The zero-order valence-corrected chi connectivity index (χ0v) is 24.7. The van der Waals surface area contributed by atoms with E-state index in [0.29, 0.717) is 5.92 Å². The number of benzene rings is 4. The van der Waals surface area contributed by atoms with Crippen LogP contribution in [0.4, 0.5) is 0 Å². The van der Waals surface area contributed by atoms with Crippen molar-refractivity contribution in [3.05, 3.63) is 120 Å². The van der Waals surface area contributed by atoms with Crippen LogP contribution in [-0.4, -0.2) is 40.5 Å². The van der Waals surface area contributed by atoms with Crippen LogP contribution in [0.2, 0.25) is 0 Å². The van der Waals surface area contributed by atoms with E-state index in [4.69, 9.17) is 4.74 Å². The fraction of sp³-hybridized carbons (Fsp3) is 0.289. The number of hydrogen-bond acceptors (Lipinski definition) is 2. The fourth-order valence-corrected chi connectivity index (χ4v) is 7.10. The highest BCUT2D eigenvalue weighted by Gasteiger charge is 2.31. The predicted octanol–water partition coefficient (Wildman–Crippen LogP) is 8.50. The number of hydrogen-bond donors (Lipinski definition) is 3. The van der Waals surface area contributed by atoms with Crippen LogP contribution in [0.3, 0.4) is 0 Å². The van der Waals surface area contributed by atoms with Gasteiger partial charge in [-0.25, -0.2) is 0 Å². The van der Waals surface area contributed by atoms with Crippen LogP contribution in [0.1, 0.15) is 36.0 Å². The lowest BCUT2D eigenvalue weighted by molar-refractivity contribution is 0.0544. The Morgan fingerprint density at radius 1 is 0.744 bits per heavy atom. The average molecular weight is 569 g/mol. The molecule has 4 aromatic carbocycles. The maximum absolute atomic E-state index is 9.86. The molecule has 0 amide bonds. The van der Waals surface area contributed by atoms with Gasteiger partial charge in [0.2, 0.25) is 0 Å². The molecule has 0 bridgehead atoms. The molecule has 1 fully saturated rings. The van der Waals surface area contributed by atoms with Crippen molar-refractivity contribution in [3.63, 3.8) is 0 Å². The SMILES string of the molecule is N=C([C@@H](Cc1c[nH]c2ccccc12)C1CCOCC1)N(CCCc1c[nH]c2ccccc12)Cc1cccc2ccccc12. The van der Waals surface area contributed by atoms with Gasteiger partial charge in [0, 0.05) is 66.4 Å². The van der Waals surface area contributed by atoms with Gasteiger partial charge in [-0.05, 0) is 77.6 Å². The first-order valence-electron chi connectivity index (χ1n) is 15.7. The predicted molar refractivity (Wildman–Crippen MR) is 178 cm³/mol. The van der Waals surface area contributed by atoms with Crippen molar-refractivity contribution in [2.75, 3.05) is 19.8 Å². The smallest absolute Gasteiger partial charge is 0.0998 e. The molecule has 5 nitrogen and oxygen atoms in total. The first-order valence-corrected chi connectivity index (χ1v) is 15.7. The number of aromatic nitrogens is 2. The van der Waals surface area contributed by atoms with Crippen LogP contribution in [-0.2, 0) is 24.1 Å². The highest BCUT2D eigenvalue weighted by Crippen LogP contribution is 2.32. The molecule has 1 saturated heterocycles. The van der Waals surface area contributed by atoms with Gasteiger partial charge < -0.3 is 19.6 Å². The van der Waals surface area contributed by atoms with E-state index in [0.717, 1.165) is 64.2 Å². The Labute approximate surface area is 253 Å². The van der Waals surface area contributed by atoms with E-state index in [1.165, 1.54) is 49.3 Å². The Hall–Kier alpha value is -4.35. The summed E-state index contributed by atoms with van der Waals surface area (Å²) >= 11 is 0. The summed E-state index contributed by atoms with van der Waals surface area (Å²) in [5, 5.41) is 15.0. The molecular formula is C38H40N4O. The second-order valence-electron chi connectivity index (χ2n) is 12.0. The number of nitrogens with one attached hydrogen (secondary N) is 3. The van der Waals surface area contributed by atoms with Crippen molar-refractivity contribution in [1.82, 2.24) is 14.9 Å². The normalized spacial score (nSPS) is 14.9. The summed E-state index contributed by atoms with van der Waals surface area (Å²) < 4.78 is 5.79. The van der Waals surface area contributed by atoms with Crippen LogP contribution in [0, 0.1) is 17.2 Å². The Bertz CT molecular complexity index is 1840. The molecule has 1 aliphatic rings. The number of rotatable bonds is 10. The Balaban J connectivity index is 1.20. The van der Waals surface area contributed by atoms with Crippen LogP contribution in [0.25, 0.3) is 32.6 Å². The number of ether oxygens (including phenoxy) is 1. The van der Waals surface area contributed by atoms with Crippen LogP contribution < -0.4 is 0 Å². The summed E-state index contributed by atoms with van der Waals surface area (Å²) in [7, 11) is 0. The van der Waals surface area contributed by atoms with Gasteiger partial charge in [0.05, 0.1) is 5.84 Å². The zero-order chi connectivity index (χ0) is 29.0. The minimum Gasteiger partial charge on any atom is -0.381 e. The summed E-state index contributed by atoms with van der Waals surface area (Å²) in [4.78, 5) is 9.30. The van der Waals surface area contributed by atoms with Crippen molar-refractivity contribution < 1.29 is 4.74 Å². The van der Waals surface area contributed by atoms with E-state index < -0.39 is 0 Å². The molecule has 0 spiro atoms. The van der Waals surface area contributed by atoms with Gasteiger partial charge in [0.15, 0.2) is 0 Å². The largest absolute Gasteiger partial charge is 0.381 e. The standard InChI is InChI=1S/C38H40N4O/c39-38(35(28-18-21-43-22-19-28)23-31-25-41-37-17-6-4-15-34(31)37)42(26-30-11-7-10-27-9-1-2-13-32(27)30)20-8-12-29-24-40-36-16-5-3-14-33(29)36/h1-7,9-11,13-17,24-25,28,35,39-41H,8,12,18-23,26H2/t35-/m0/s1. The van der Waals surface area contributed by atoms with Gasteiger partial charge in [-0.15, -0.1) is 0 Å². The molecule has 218 valence electrons. The van der Waals surface area contributed by atoms with Gasteiger partial charge >= 0.3 is 0 Å². The van der Waals surface area contributed by atoms with E-state index in [1.54, 1.807) is 0 Å². The number of aromatic amines is 2. The van der Waals surface area contributed by atoms with E-state index in [9.17, 15) is 5.41 Å². The molecule has 5 heteroatoms. The molecule has 0 aliphatic carbocycles. The molecular weight excluding hydrogens is 528 g/mol. The molecule has 6 aromatic rings. The Morgan fingerprint density at radius 3 is 2.14 bits per heavy atom. The summed E-state index contributed by atoms with van der Waals surface area (Å²) in [6.45, 7) is 3.15. The lowest BCUT2D eigenvalue weighted by atomic mass is 9.80. The highest BCUT2D eigenvalue weighted by molar-refractivity contribution is 5.88. The van der Waals surface area contributed by atoms with Crippen molar-refractivity contribution in [3.8, 4) is 0 Å². The van der Waals surface area contributed by atoms with Crippen LogP contribution in [0.5, 0.6) is 0 Å². The minimum absolute atomic E-state index is 0.131. The number of nitrogens with zero attached hydrogens (tertiary/aromatic N) is 1. The van der Waals surface area contributed by atoms with Gasteiger partial charge in [0.1, 0.15) is 0 Å². The first-order chi connectivity index (χ1) is 21.2. The molecule has 0 unspecified atom stereocenters. The minimum atomic E-state index is 0.131. The third kappa shape index (κ3) is 5.82. The highest BCUT2D eigenvalue weighted by atomic mass is 16.5. The van der Waals surface area contributed by atoms with E-state index in [1.807, 2.05) is 0 Å². The molecule has 7 rings (SSSR count). The van der Waals surface area contributed by atoms with E-state index in [-0.39, 0.29) is 5.92 Å². The summed E-state index contributed by atoms with van der Waals surface area (Å²) in [6, 6.07) is 32.3. The number of H-pyrrole nitrogens is 2. The van der Waals surface area contributed by atoms with E-state index in [2.05, 4.69) is 118 Å². The number of fused-ring (bicyclic) bond motifs is 3. The fourth-order valence-electron chi connectivity index (χ4n) is 7.10. The molecule has 2 aromatic heterocycles. The molecule has 1 aliphatic heterocycles. The first kappa shape index (κ1) is 27.5. The average Bonchev–Trinajstić information content (AvgIpc) is 3.67. The van der Waals surface area contributed by atoms with Gasteiger partial charge in [-0.2, -0.15) is 0 Å². The quantitative estimate of drug-likeness (QED) is 0.115. The molecule has 0 radical (unpaired) electrons. The van der Waals surface area contributed by atoms with Gasteiger partial charge in [0.25, 0.3) is 0 Å². The topological polar surface area (TPSA) is 67.9 Å². The molecule has 3 heterocycles. The third-order valence-electron chi connectivity index (χ3n) is 9.43. The van der Waals surface area contributed by atoms with Crippen molar-refractivity contribution in [2.45, 2.75) is 38.6 Å². The van der Waals surface area contributed by atoms with Crippen LogP contribution >= 0.6 is 0 Å². The number of amidine groups is 1. The van der Waals surface area contributed by atoms with Crippen molar-refractivity contribution >= 4 is 38.4 Å². The molecule has 43 heavy (non-hydrogen) atoms. The summed E-state index contributed by atoms with van der Waals surface area (Å²) in [5.74, 6) is 1.33. The molecule has 3 N–H and O–H groups in total. The van der Waals surface area contributed by atoms with E-state index >= 15 is 0 Å². The molecule has 1 atom stereocenters. The zero-order valence-electron chi connectivity index (χ0n) is 24.7. The summed E-state index contributed by atoms with van der Waals surface area (Å²) in [6.07, 6.45) is 9.17. The Kier molecular flexibility index (Phi) is 7.98. The summed E-state index contributed by atoms with van der Waals surface area (Å²) in [5.41, 5.74) is 6.30. The van der Waals surface area contributed by atoms with Crippen molar-refractivity contribution in [2.24, 2.45) is 11.8 Å². The second kappa shape index (κ2) is 12.5. The van der Waals surface area contributed by atoms with Crippen LogP contribution in [0.15, 0.2) is 103 Å². The third-order valence-corrected chi connectivity index (χ3v) is 9.43. The van der Waals surface area contributed by atoms with Gasteiger partial charge in [-0.1, -0.05) is 78.9 Å². The number of para-hydroxylation sites is 2. The Morgan fingerprint density at radius 2 is 1.37 bits per heavy atom. The second-order valence-corrected chi connectivity index (χ2v) is 12.0.